The number of hydrogen-bond acceptors (Lipinski definition) is 3. The van der Waals surface area contributed by atoms with Gasteiger partial charge in [-0.1, -0.05) is 0 Å². The molecule has 74 valence electrons. The van der Waals surface area contributed by atoms with Crippen LogP contribution in [0.1, 0.15) is 43.1 Å². The molecule has 0 bridgehead atoms. The molecule has 1 aromatic heterocycles. The van der Waals surface area contributed by atoms with Gasteiger partial charge in [-0.15, -0.1) is 0 Å². The zero-order valence-corrected chi connectivity index (χ0v) is 9.42. The molecule has 0 unspecified atom stereocenters. The van der Waals surface area contributed by atoms with E-state index in [1.165, 1.54) is 12.8 Å². The molecule has 2 aliphatic rings. The molecule has 2 aliphatic carbocycles. The Labute approximate surface area is 91.3 Å². The van der Waals surface area contributed by atoms with Crippen molar-refractivity contribution in [2.75, 3.05) is 0 Å². The normalized spacial score (nSPS) is 23.6. The highest BCUT2D eigenvalue weighted by Crippen LogP contribution is 2.46. The van der Waals surface area contributed by atoms with Crippen LogP contribution in [0.25, 0.3) is 0 Å². The summed E-state index contributed by atoms with van der Waals surface area (Å²) in [6.07, 6.45) is 6.42. The van der Waals surface area contributed by atoms with Crippen LogP contribution < -0.4 is 5.73 Å². The molecule has 3 nitrogen and oxygen atoms in total. The molecule has 2 saturated carbocycles. The Hall–Kier alpha value is -0.480. The van der Waals surface area contributed by atoms with Crippen LogP contribution in [0.2, 0.25) is 0 Å². The number of nitrogens with two attached hydrogens (primary N) is 1. The Morgan fingerprint density at radius 3 is 2.71 bits per heavy atom. The molecule has 0 aliphatic heterocycles. The predicted molar refractivity (Wildman–Crippen MR) is 56.8 cm³/mol. The molecule has 0 amide bonds. The molecule has 0 aromatic carbocycles. The Bertz CT molecular complexity index is 383. The van der Waals surface area contributed by atoms with E-state index in [4.69, 9.17) is 5.73 Å². The Balaban J connectivity index is 2.03. The molecule has 0 spiro atoms. The van der Waals surface area contributed by atoms with E-state index in [9.17, 15) is 0 Å². The summed E-state index contributed by atoms with van der Waals surface area (Å²) in [4.78, 5) is 8.91. The minimum atomic E-state index is -0.161. The fourth-order valence-corrected chi connectivity index (χ4v) is 2.23. The lowest BCUT2D eigenvalue weighted by atomic mass is 10.2. The second-order valence-corrected chi connectivity index (χ2v) is 5.21. The smallest absolute Gasteiger partial charge is 0.131 e. The summed E-state index contributed by atoms with van der Waals surface area (Å²) in [6.45, 7) is 0. The first-order valence-corrected chi connectivity index (χ1v) is 5.80. The lowest BCUT2D eigenvalue weighted by Gasteiger charge is -2.11. The van der Waals surface area contributed by atoms with Crippen molar-refractivity contribution >= 4 is 15.9 Å². The van der Waals surface area contributed by atoms with Gasteiger partial charge in [0.15, 0.2) is 0 Å². The third-order valence-electron chi connectivity index (χ3n) is 2.97. The van der Waals surface area contributed by atoms with Gasteiger partial charge in [0.25, 0.3) is 0 Å². The van der Waals surface area contributed by atoms with Gasteiger partial charge < -0.3 is 5.73 Å². The van der Waals surface area contributed by atoms with Crippen molar-refractivity contribution < 1.29 is 0 Å². The van der Waals surface area contributed by atoms with E-state index in [-0.39, 0.29) is 5.54 Å². The number of hydrogen-bond donors (Lipinski definition) is 1. The van der Waals surface area contributed by atoms with Crippen molar-refractivity contribution in [3.05, 3.63) is 22.2 Å². The summed E-state index contributed by atoms with van der Waals surface area (Å²) < 4.78 is 0.960. The second kappa shape index (κ2) is 2.76. The molecule has 4 heteroatoms. The standard InChI is InChI=1S/C10H12BrN3/c11-7-5-13-9(6-1-2-6)14-8(7)10(12)3-4-10/h5-6H,1-4,12H2. The quantitative estimate of drug-likeness (QED) is 0.878. The van der Waals surface area contributed by atoms with E-state index in [0.717, 1.165) is 28.8 Å². The third-order valence-corrected chi connectivity index (χ3v) is 3.55. The van der Waals surface area contributed by atoms with E-state index in [2.05, 4.69) is 25.9 Å². The maximum absolute atomic E-state index is 6.14. The summed E-state index contributed by atoms with van der Waals surface area (Å²) in [6, 6.07) is 0. The maximum atomic E-state index is 6.14. The van der Waals surface area contributed by atoms with Crippen LogP contribution in [0.3, 0.4) is 0 Å². The Kier molecular flexibility index (Phi) is 1.74. The minimum absolute atomic E-state index is 0.161. The summed E-state index contributed by atoms with van der Waals surface area (Å²) >= 11 is 3.47. The first-order valence-electron chi connectivity index (χ1n) is 5.01. The Morgan fingerprint density at radius 1 is 1.43 bits per heavy atom. The van der Waals surface area contributed by atoms with Crippen molar-refractivity contribution in [2.45, 2.75) is 37.1 Å². The molecule has 14 heavy (non-hydrogen) atoms. The number of nitrogens with zero attached hydrogens (tertiary/aromatic N) is 2. The fourth-order valence-electron chi connectivity index (χ4n) is 1.64. The zero-order chi connectivity index (χ0) is 9.76. The average molecular weight is 254 g/mol. The van der Waals surface area contributed by atoms with Crippen molar-refractivity contribution in [2.24, 2.45) is 5.73 Å². The van der Waals surface area contributed by atoms with Gasteiger partial charge >= 0.3 is 0 Å². The minimum Gasteiger partial charge on any atom is -0.320 e. The molecule has 2 fully saturated rings. The predicted octanol–water partition coefficient (Wildman–Crippen LogP) is 2.06. The zero-order valence-electron chi connectivity index (χ0n) is 7.83. The molecule has 1 heterocycles. The summed E-state index contributed by atoms with van der Waals surface area (Å²) in [5.74, 6) is 1.59. The number of rotatable bonds is 2. The van der Waals surface area contributed by atoms with E-state index >= 15 is 0 Å². The van der Waals surface area contributed by atoms with E-state index in [1.54, 1.807) is 0 Å². The van der Waals surface area contributed by atoms with Gasteiger partial charge in [0.1, 0.15) is 5.82 Å². The van der Waals surface area contributed by atoms with Gasteiger partial charge in [-0.2, -0.15) is 0 Å². The number of halogens is 1. The molecular formula is C10H12BrN3. The monoisotopic (exact) mass is 253 g/mol. The lowest BCUT2D eigenvalue weighted by Crippen LogP contribution is -2.22. The molecule has 0 radical (unpaired) electrons. The van der Waals surface area contributed by atoms with Crippen LogP contribution >= 0.6 is 15.9 Å². The number of aromatic nitrogens is 2. The van der Waals surface area contributed by atoms with E-state index in [0.29, 0.717) is 5.92 Å². The SMILES string of the molecule is NC1(c2nc(C3CC3)ncc2Br)CC1. The molecule has 2 N–H and O–H groups in total. The highest BCUT2D eigenvalue weighted by atomic mass is 79.9. The summed E-state index contributed by atoms with van der Waals surface area (Å²) in [5.41, 5.74) is 6.99. The van der Waals surface area contributed by atoms with Gasteiger partial charge in [0, 0.05) is 12.1 Å². The maximum Gasteiger partial charge on any atom is 0.131 e. The average Bonchev–Trinajstić information content (AvgIpc) is 3.00. The largest absolute Gasteiger partial charge is 0.320 e. The van der Waals surface area contributed by atoms with Crippen LogP contribution in [0.5, 0.6) is 0 Å². The fraction of sp³-hybridized carbons (Fsp3) is 0.600. The summed E-state index contributed by atoms with van der Waals surface area (Å²) in [5, 5.41) is 0. The van der Waals surface area contributed by atoms with Crippen molar-refractivity contribution in [1.82, 2.24) is 9.97 Å². The van der Waals surface area contributed by atoms with Crippen LogP contribution in [0.4, 0.5) is 0 Å². The van der Waals surface area contributed by atoms with Gasteiger partial charge in [-0.3, -0.25) is 0 Å². The lowest BCUT2D eigenvalue weighted by molar-refractivity contribution is 0.684. The second-order valence-electron chi connectivity index (χ2n) is 4.36. The molecule has 3 rings (SSSR count). The van der Waals surface area contributed by atoms with Gasteiger partial charge in [0.05, 0.1) is 15.7 Å². The molecule has 0 saturated heterocycles. The van der Waals surface area contributed by atoms with Gasteiger partial charge in [0.2, 0.25) is 0 Å². The first kappa shape index (κ1) is 8.80. The van der Waals surface area contributed by atoms with E-state index < -0.39 is 0 Å². The Morgan fingerprint density at radius 2 is 2.14 bits per heavy atom. The summed E-state index contributed by atoms with van der Waals surface area (Å²) in [7, 11) is 0. The van der Waals surface area contributed by atoms with Gasteiger partial charge in [-0.25, -0.2) is 9.97 Å². The van der Waals surface area contributed by atoms with Crippen LogP contribution in [0, 0.1) is 0 Å². The van der Waals surface area contributed by atoms with Crippen molar-refractivity contribution in [3.63, 3.8) is 0 Å². The van der Waals surface area contributed by atoms with Gasteiger partial charge in [-0.05, 0) is 41.6 Å². The highest BCUT2D eigenvalue weighted by Gasteiger charge is 2.43. The highest BCUT2D eigenvalue weighted by molar-refractivity contribution is 9.10. The van der Waals surface area contributed by atoms with Crippen molar-refractivity contribution in [3.8, 4) is 0 Å². The van der Waals surface area contributed by atoms with Crippen LogP contribution in [-0.4, -0.2) is 9.97 Å². The third kappa shape index (κ3) is 1.37. The van der Waals surface area contributed by atoms with Crippen molar-refractivity contribution in [1.29, 1.82) is 0 Å². The van der Waals surface area contributed by atoms with Crippen LogP contribution in [-0.2, 0) is 5.54 Å². The first-order chi connectivity index (χ1) is 6.69. The van der Waals surface area contributed by atoms with E-state index in [1.807, 2.05) is 6.20 Å². The molecular weight excluding hydrogens is 242 g/mol. The molecule has 1 aromatic rings. The molecule has 0 atom stereocenters. The topological polar surface area (TPSA) is 51.8 Å². The van der Waals surface area contributed by atoms with Crippen LogP contribution in [0.15, 0.2) is 10.7 Å².